The van der Waals surface area contributed by atoms with E-state index in [0.717, 1.165) is 38.0 Å². The first-order valence-electron chi connectivity index (χ1n) is 11.2. The molecule has 0 spiro atoms. The molecular formula is C27H29N3O2. The summed E-state index contributed by atoms with van der Waals surface area (Å²) in [6.45, 7) is 3.15. The summed E-state index contributed by atoms with van der Waals surface area (Å²) >= 11 is 0. The number of carbonyl (C=O) groups excluding carboxylic acids is 2. The minimum absolute atomic E-state index is 0.00679. The van der Waals surface area contributed by atoms with Crippen LogP contribution in [0, 0.1) is 5.92 Å². The SMILES string of the molecule is O=C(NCc1ccccc1)c1ccccc1NC(=O)C1CCN(Cc2ccccc2)CC1. The van der Waals surface area contributed by atoms with Crippen LogP contribution in [0.4, 0.5) is 5.69 Å². The molecule has 32 heavy (non-hydrogen) atoms. The molecule has 1 aliphatic heterocycles. The summed E-state index contributed by atoms with van der Waals surface area (Å²) in [6.07, 6.45) is 1.64. The molecule has 0 aliphatic carbocycles. The van der Waals surface area contributed by atoms with Crippen LogP contribution in [-0.2, 0) is 17.9 Å². The van der Waals surface area contributed by atoms with Gasteiger partial charge in [0.2, 0.25) is 5.91 Å². The number of nitrogens with zero attached hydrogens (tertiary/aromatic N) is 1. The Kier molecular flexibility index (Phi) is 7.31. The van der Waals surface area contributed by atoms with Crippen LogP contribution >= 0.6 is 0 Å². The molecule has 0 bridgehead atoms. The molecular weight excluding hydrogens is 398 g/mol. The van der Waals surface area contributed by atoms with Crippen LogP contribution in [-0.4, -0.2) is 29.8 Å². The van der Waals surface area contributed by atoms with Gasteiger partial charge in [-0.1, -0.05) is 72.8 Å². The number of hydrogen-bond acceptors (Lipinski definition) is 3. The summed E-state index contributed by atoms with van der Waals surface area (Å²) in [6, 6.07) is 27.4. The first-order chi connectivity index (χ1) is 15.7. The predicted octanol–water partition coefficient (Wildman–Crippen LogP) is 4.47. The van der Waals surface area contributed by atoms with Gasteiger partial charge in [0.1, 0.15) is 0 Å². The second-order valence-corrected chi connectivity index (χ2v) is 8.24. The van der Waals surface area contributed by atoms with Crippen molar-refractivity contribution >= 4 is 17.5 Å². The van der Waals surface area contributed by atoms with Crippen molar-refractivity contribution < 1.29 is 9.59 Å². The van der Waals surface area contributed by atoms with Crippen LogP contribution in [0.2, 0.25) is 0 Å². The Morgan fingerprint density at radius 2 is 1.38 bits per heavy atom. The Hall–Kier alpha value is -3.44. The molecule has 164 valence electrons. The number of carbonyl (C=O) groups is 2. The van der Waals surface area contributed by atoms with Crippen LogP contribution in [0.1, 0.15) is 34.3 Å². The number of benzene rings is 3. The highest BCUT2D eigenvalue weighted by Gasteiger charge is 2.26. The number of hydrogen-bond donors (Lipinski definition) is 2. The fourth-order valence-corrected chi connectivity index (χ4v) is 4.09. The molecule has 0 aromatic heterocycles. The molecule has 5 nitrogen and oxygen atoms in total. The Bertz CT molecular complexity index is 1030. The maximum Gasteiger partial charge on any atom is 0.253 e. The topological polar surface area (TPSA) is 61.4 Å². The lowest BCUT2D eigenvalue weighted by Crippen LogP contribution is -2.38. The number of amides is 2. The smallest absolute Gasteiger partial charge is 0.253 e. The van der Waals surface area contributed by atoms with E-state index in [1.54, 1.807) is 12.1 Å². The van der Waals surface area contributed by atoms with Crippen LogP contribution < -0.4 is 10.6 Å². The van der Waals surface area contributed by atoms with E-state index in [4.69, 9.17) is 0 Å². The van der Waals surface area contributed by atoms with E-state index >= 15 is 0 Å². The molecule has 1 fully saturated rings. The second kappa shape index (κ2) is 10.7. The average Bonchev–Trinajstić information content (AvgIpc) is 2.84. The van der Waals surface area contributed by atoms with Crippen molar-refractivity contribution in [1.29, 1.82) is 0 Å². The average molecular weight is 428 g/mol. The van der Waals surface area contributed by atoms with Gasteiger partial charge in [-0.2, -0.15) is 0 Å². The Morgan fingerprint density at radius 3 is 2.06 bits per heavy atom. The first-order valence-corrected chi connectivity index (χ1v) is 11.2. The molecule has 5 heteroatoms. The van der Waals surface area contributed by atoms with Crippen molar-refractivity contribution in [2.75, 3.05) is 18.4 Å². The monoisotopic (exact) mass is 427 g/mol. The molecule has 1 aliphatic rings. The Labute approximate surface area is 189 Å². The molecule has 2 N–H and O–H groups in total. The van der Waals surface area contributed by atoms with Gasteiger partial charge in [0.25, 0.3) is 5.91 Å². The van der Waals surface area contributed by atoms with E-state index in [9.17, 15) is 9.59 Å². The zero-order valence-electron chi connectivity index (χ0n) is 18.2. The molecule has 0 radical (unpaired) electrons. The zero-order valence-corrected chi connectivity index (χ0v) is 18.2. The summed E-state index contributed by atoms with van der Waals surface area (Å²) in [5.74, 6) is -0.238. The van der Waals surface area contributed by atoms with Crippen molar-refractivity contribution in [3.8, 4) is 0 Å². The number of nitrogens with one attached hydrogen (secondary N) is 2. The van der Waals surface area contributed by atoms with E-state index in [2.05, 4.69) is 39.8 Å². The number of para-hydroxylation sites is 1. The van der Waals surface area contributed by atoms with Crippen molar-refractivity contribution in [3.05, 3.63) is 102 Å². The maximum absolute atomic E-state index is 12.9. The number of anilines is 1. The molecule has 0 atom stereocenters. The molecule has 2 amide bonds. The van der Waals surface area contributed by atoms with Crippen molar-refractivity contribution in [2.45, 2.75) is 25.9 Å². The highest BCUT2D eigenvalue weighted by atomic mass is 16.2. The third kappa shape index (κ3) is 5.83. The van der Waals surface area contributed by atoms with Gasteiger partial charge < -0.3 is 10.6 Å². The lowest BCUT2D eigenvalue weighted by Gasteiger charge is -2.31. The summed E-state index contributed by atoms with van der Waals surface area (Å²) in [5.41, 5.74) is 3.38. The van der Waals surface area contributed by atoms with Crippen molar-refractivity contribution in [3.63, 3.8) is 0 Å². The molecule has 4 rings (SSSR count). The second-order valence-electron chi connectivity index (χ2n) is 8.24. The molecule has 3 aromatic rings. The van der Waals surface area contributed by atoms with Crippen LogP contribution in [0.3, 0.4) is 0 Å². The normalized spacial score (nSPS) is 14.6. The molecule has 1 heterocycles. The first kappa shape index (κ1) is 21.8. The van der Waals surface area contributed by atoms with Gasteiger partial charge in [0, 0.05) is 19.0 Å². The lowest BCUT2D eigenvalue weighted by atomic mass is 9.95. The third-order valence-corrected chi connectivity index (χ3v) is 5.93. The van der Waals surface area contributed by atoms with E-state index in [1.165, 1.54) is 5.56 Å². The largest absolute Gasteiger partial charge is 0.348 e. The van der Waals surface area contributed by atoms with Gasteiger partial charge in [0.15, 0.2) is 0 Å². The maximum atomic E-state index is 12.9. The summed E-state index contributed by atoms with van der Waals surface area (Å²) in [7, 11) is 0. The van der Waals surface area contributed by atoms with Crippen LogP contribution in [0.25, 0.3) is 0 Å². The summed E-state index contributed by atoms with van der Waals surface area (Å²) in [4.78, 5) is 28.1. The summed E-state index contributed by atoms with van der Waals surface area (Å²) in [5, 5.41) is 5.95. The number of piperidine rings is 1. The molecule has 0 saturated carbocycles. The van der Waals surface area contributed by atoms with Crippen molar-refractivity contribution in [2.24, 2.45) is 5.92 Å². The zero-order chi connectivity index (χ0) is 22.2. The fraction of sp³-hybridized carbons (Fsp3) is 0.259. The van der Waals surface area contributed by atoms with Crippen LogP contribution in [0.15, 0.2) is 84.9 Å². The van der Waals surface area contributed by atoms with E-state index in [-0.39, 0.29) is 17.7 Å². The standard InChI is InChI=1S/C27H29N3O2/c31-26(23-15-17-30(18-16-23)20-22-11-5-2-6-12-22)29-25-14-8-7-13-24(25)27(32)28-19-21-9-3-1-4-10-21/h1-14,23H,15-20H2,(H,28,32)(H,29,31). The van der Waals surface area contributed by atoms with Gasteiger partial charge >= 0.3 is 0 Å². The lowest BCUT2D eigenvalue weighted by molar-refractivity contribution is -0.121. The van der Waals surface area contributed by atoms with E-state index in [0.29, 0.717) is 17.8 Å². The minimum atomic E-state index is -0.192. The molecule has 1 saturated heterocycles. The Morgan fingerprint density at radius 1 is 0.781 bits per heavy atom. The molecule has 0 unspecified atom stereocenters. The van der Waals surface area contributed by atoms with Gasteiger partial charge in [-0.05, 0) is 49.2 Å². The van der Waals surface area contributed by atoms with Gasteiger partial charge in [-0.15, -0.1) is 0 Å². The van der Waals surface area contributed by atoms with Gasteiger partial charge in [0.05, 0.1) is 11.3 Å². The van der Waals surface area contributed by atoms with Crippen molar-refractivity contribution in [1.82, 2.24) is 10.2 Å². The Balaban J connectivity index is 1.31. The number of rotatable bonds is 7. The van der Waals surface area contributed by atoms with Gasteiger partial charge in [-0.25, -0.2) is 0 Å². The van der Waals surface area contributed by atoms with Crippen LogP contribution in [0.5, 0.6) is 0 Å². The third-order valence-electron chi connectivity index (χ3n) is 5.93. The van der Waals surface area contributed by atoms with Gasteiger partial charge in [-0.3, -0.25) is 14.5 Å². The van der Waals surface area contributed by atoms with E-state index in [1.807, 2.05) is 48.5 Å². The summed E-state index contributed by atoms with van der Waals surface area (Å²) < 4.78 is 0. The molecule has 3 aromatic carbocycles. The number of likely N-dealkylation sites (tertiary alicyclic amines) is 1. The predicted molar refractivity (Wildman–Crippen MR) is 127 cm³/mol. The highest BCUT2D eigenvalue weighted by Crippen LogP contribution is 2.22. The minimum Gasteiger partial charge on any atom is -0.348 e. The fourth-order valence-electron chi connectivity index (χ4n) is 4.09. The highest BCUT2D eigenvalue weighted by molar-refractivity contribution is 6.04. The quantitative estimate of drug-likeness (QED) is 0.585. The van der Waals surface area contributed by atoms with E-state index < -0.39 is 0 Å².